The van der Waals surface area contributed by atoms with Crippen LogP contribution in [0.3, 0.4) is 0 Å². The van der Waals surface area contributed by atoms with Crippen molar-refractivity contribution in [3.63, 3.8) is 0 Å². The molecule has 0 atom stereocenters. The Balaban J connectivity index is 1.50. The Morgan fingerprint density at radius 3 is 2.24 bits per heavy atom. The topological polar surface area (TPSA) is 68.9 Å². The van der Waals surface area contributed by atoms with E-state index in [-0.39, 0.29) is 24.2 Å². The van der Waals surface area contributed by atoms with Crippen LogP contribution in [0.4, 0.5) is 14.5 Å². The zero-order chi connectivity index (χ0) is 30.3. The Bertz CT molecular complexity index is 1570. The van der Waals surface area contributed by atoms with E-state index in [2.05, 4.69) is 31.2 Å². The molecule has 0 fully saturated rings. The summed E-state index contributed by atoms with van der Waals surface area (Å²) in [6.07, 6.45) is 12.2. The van der Waals surface area contributed by atoms with Gasteiger partial charge in [0.25, 0.3) is 0 Å². The average molecular weight is 683 g/mol. The van der Waals surface area contributed by atoms with E-state index in [1.807, 2.05) is 6.07 Å². The third kappa shape index (κ3) is 7.41. The molecular weight excluding hydrogens is 641 g/mol. The third-order valence-corrected chi connectivity index (χ3v) is 13.5. The van der Waals surface area contributed by atoms with Gasteiger partial charge in [0.1, 0.15) is 0 Å². The number of anilines is 1. The fourth-order valence-electron chi connectivity index (χ4n) is 5.85. The number of hydrogen-bond acceptors (Lipinski definition) is 3. The number of nitrogens with zero attached hydrogens (tertiary/aromatic N) is 3. The quantitative estimate of drug-likeness (QED) is 0.134. The standard InChI is InChI=1S/C20H15F2N4O2.C13H27.Sn/c1-25-19-13-7-6-12(21)10-17(13)26(20(28)14(19)11-23-25)9-8-18(27)24-16-5-3-2-4-15(16)22;1-4-7-10-13(11-8-5-2)12-9-6-3;/h3-7,10-11H,8-9H2,1H3,(H,24,27);4-12H2,1-3H3;. The molecule has 42 heavy (non-hydrogen) atoms. The number of hydrogen-bond donors (Lipinski definition) is 1. The van der Waals surface area contributed by atoms with Gasteiger partial charge in [0.05, 0.1) is 0 Å². The fourth-order valence-corrected chi connectivity index (χ4v) is 11.2. The van der Waals surface area contributed by atoms with E-state index in [9.17, 15) is 14.0 Å². The Kier molecular flexibility index (Phi) is 11.2. The Morgan fingerprint density at radius 2 is 1.62 bits per heavy atom. The van der Waals surface area contributed by atoms with Crippen LogP contribution in [0.2, 0.25) is 3.43 Å². The molecule has 0 aliphatic heterocycles. The molecule has 1 amide bonds. The summed E-state index contributed by atoms with van der Waals surface area (Å²) in [6, 6.07) is 9.58. The van der Waals surface area contributed by atoms with Gasteiger partial charge in [-0.05, 0) is 6.07 Å². The van der Waals surface area contributed by atoms with Crippen LogP contribution in [-0.2, 0) is 18.4 Å². The predicted octanol–water partition coefficient (Wildman–Crippen LogP) is 7.25. The van der Waals surface area contributed by atoms with Crippen molar-refractivity contribution in [2.45, 2.75) is 95.0 Å². The Morgan fingerprint density at radius 1 is 0.952 bits per heavy atom. The maximum absolute atomic E-state index is 15.3. The maximum atomic E-state index is 15.3. The van der Waals surface area contributed by atoms with Crippen LogP contribution in [0.25, 0.3) is 21.8 Å². The number of carbonyl (C=O) groups excluding carboxylic acids is 1. The minimum atomic E-state index is -1.10. The van der Waals surface area contributed by atoms with E-state index in [4.69, 9.17) is 0 Å². The van der Waals surface area contributed by atoms with Crippen LogP contribution in [0, 0.1) is 11.6 Å². The predicted molar refractivity (Wildman–Crippen MR) is 169 cm³/mol. The van der Waals surface area contributed by atoms with Crippen LogP contribution in [0.15, 0.2) is 47.4 Å². The summed E-state index contributed by atoms with van der Waals surface area (Å²) in [4.78, 5) is 26.2. The van der Waals surface area contributed by atoms with Gasteiger partial charge in [0, 0.05) is 7.05 Å². The first-order chi connectivity index (χ1) is 20.2. The van der Waals surface area contributed by atoms with Gasteiger partial charge in [-0.15, -0.1) is 0 Å². The van der Waals surface area contributed by atoms with Crippen LogP contribution in [0.5, 0.6) is 0 Å². The van der Waals surface area contributed by atoms with E-state index >= 15 is 4.39 Å². The van der Waals surface area contributed by atoms with E-state index in [0.717, 1.165) is 3.58 Å². The second-order valence-electron chi connectivity index (χ2n) is 11.4. The van der Waals surface area contributed by atoms with E-state index in [1.54, 1.807) is 29.9 Å². The first kappa shape index (κ1) is 32.2. The molecule has 4 rings (SSSR count). The number of benzene rings is 2. The molecular formula is C33H42F2N4O2Sn. The molecule has 2 aromatic heterocycles. The molecule has 0 saturated heterocycles. The normalized spacial score (nSPS) is 12.0. The zero-order valence-electron chi connectivity index (χ0n) is 25.2. The Labute approximate surface area is 257 Å². The van der Waals surface area contributed by atoms with Crippen molar-refractivity contribution in [3.8, 4) is 0 Å². The summed E-state index contributed by atoms with van der Waals surface area (Å²) >= 11 is -1.10. The van der Waals surface area contributed by atoms with Gasteiger partial charge in [0.2, 0.25) is 0 Å². The third-order valence-electron chi connectivity index (χ3n) is 8.16. The first-order valence-electron chi connectivity index (χ1n) is 15.2. The number of rotatable bonds is 15. The number of pyridine rings is 1. The van der Waals surface area contributed by atoms with Gasteiger partial charge in [-0.1, -0.05) is 0 Å². The second-order valence-corrected chi connectivity index (χ2v) is 16.7. The SMILES string of the molecule is CCCC[C](CCCC)(CCCC)[Sn][c]1ccc(NC(=O)CCn2c(=O)c3cnn(C)c3c3ccc(F)cc32)c(F)c1. The average Bonchev–Trinajstić information content (AvgIpc) is 3.36. The molecule has 0 saturated carbocycles. The van der Waals surface area contributed by atoms with Crippen molar-refractivity contribution >= 4 is 58.1 Å². The van der Waals surface area contributed by atoms with Gasteiger partial charge >= 0.3 is 231 Å². The molecule has 0 aliphatic carbocycles. The second kappa shape index (κ2) is 14.6. The summed E-state index contributed by atoms with van der Waals surface area (Å²) < 4.78 is 33.9. The number of amides is 1. The van der Waals surface area contributed by atoms with Gasteiger partial charge < -0.3 is 0 Å². The number of fused-ring (bicyclic) bond motifs is 3. The van der Waals surface area contributed by atoms with Gasteiger partial charge in [-0.3, -0.25) is 4.68 Å². The summed E-state index contributed by atoms with van der Waals surface area (Å²) in [5, 5.41) is 7.96. The number of carbonyl (C=O) groups is 1. The first-order valence-corrected chi connectivity index (χ1v) is 18.1. The molecule has 1 N–H and O–H groups in total. The van der Waals surface area contributed by atoms with Crippen molar-refractivity contribution in [1.29, 1.82) is 0 Å². The van der Waals surface area contributed by atoms with Crippen molar-refractivity contribution in [2.75, 3.05) is 5.32 Å². The summed E-state index contributed by atoms with van der Waals surface area (Å²) in [7, 11) is 1.73. The van der Waals surface area contributed by atoms with E-state index in [0.29, 0.717) is 25.2 Å². The number of nitrogens with one attached hydrogen (secondary N) is 1. The van der Waals surface area contributed by atoms with Crippen LogP contribution in [-0.4, -0.2) is 41.4 Å². The van der Waals surface area contributed by atoms with Gasteiger partial charge in [-0.25, -0.2) is 4.39 Å². The molecule has 9 heteroatoms. The molecule has 2 aromatic carbocycles. The number of halogens is 2. The van der Waals surface area contributed by atoms with Crippen molar-refractivity contribution in [1.82, 2.24) is 14.3 Å². The van der Waals surface area contributed by atoms with E-state index in [1.165, 1.54) is 80.7 Å². The molecule has 6 nitrogen and oxygen atoms in total. The monoisotopic (exact) mass is 684 g/mol. The van der Waals surface area contributed by atoms with Crippen LogP contribution >= 0.6 is 0 Å². The zero-order valence-corrected chi connectivity index (χ0v) is 28.1. The Hall–Kier alpha value is -2.75. The molecule has 0 bridgehead atoms. The van der Waals surface area contributed by atoms with E-state index < -0.39 is 38.7 Å². The summed E-state index contributed by atoms with van der Waals surface area (Å²) in [5.74, 6) is -1.30. The molecule has 4 aromatic rings. The molecule has 0 spiro atoms. The minimum absolute atomic E-state index is 0.0262. The van der Waals surface area contributed by atoms with Crippen LogP contribution in [0.1, 0.15) is 85.0 Å². The fraction of sp³-hybridized carbons (Fsp3) is 0.485. The van der Waals surface area contributed by atoms with Gasteiger partial charge in [-0.2, -0.15) is 5.10 Å². The number of aryl methyl sites for hydroxylation is 2. The van der Waals surface area contributed by atoms with Crippen LogP contribution < -0.4 is 14.5 Å². The number of aromatic nitrogens is 3. The van der Waals surface area contributed by atoms with Crippen molar-refractivity contribution in [2.24, 2.45) is 7.05 Å². The molecule has 224 valence electrons. The molecule has 2 radical (unpaired) electrons. The number of unbranched alkanes of at least 4 members (excludes halogenated alkanes) is 3. The van der Waals surface area contributed by atoms with Crippen molar-refractivity contribution < 1.29 is 13.6 Å². The summed E-state index contributed by atoms with van der Waals surface area (Å²) in [6.45, 7) is 6.74. The molecule has 2 heterocycles. The van der Waals surface area contributed by atoms with Gasteiger partial charge in [0.15, 0.2) is 0 Å². The molecule has 0 aliphatic rings. The van der Waals surface area contributed by atoms with Crippen molar-refractivity contribution in [3.05, 3.63) is 64.6 Å². The summed E-state index contributed by atoms with van der Waals surface area (Å²) in [5.41, 5.74) is 0.812. The molecule has 0 unspecified atom stereocenters.